The van der Waals surface area contributed by atoms with Crippen molar-refractivity contribution in [3.63, 3.8) is 0 Å². The molecule has 0 N–H and O–H groups in total. The first-order valence-electron chi connectivity index (χ1n) is 9.08. The SMILES string of the molecule is [C-]#[N+]c1c(C(C)(C)C)nsc1N=Nc1sc(N(CC)CC)nc1C(C)(C)C. The number of anilines is 1. The van der Waals surface area contributed by atoms with Crippen molar-refractivity contribution in [2.75, 3.05) is 18.0 Å². The van der Waals surface area contributed by atoms with Gasteiger partial charge in [-0.15, -0.1) is 10.2 Å². The van der Waals surface area contributed by atoms with Crippen LogP contribution < -0.4 is 4.90 Å². The average Bonchev–Trinajstić information content (AvgIpc) is 3.17. The van der Waals surface area contributed by atoms with E-state index >= 15 is 0 Å². The van der Waals surface area contributed by atoms with Gasteiger partial charge in [0, 0.05) is 18.5 Å². The summed E-state index contributed by atoms with van der Waals surface area (Å²) in [6.07, 6.45) is 0. The molecule has 0 aliphatic rings. The Kier molecular flexibility index (Phi) is 6.38. The maximum Gasteiger partial charge on any atom is 0.248 e. The van der Waals surface area contributed by atoms with E-state index in [1.54, 1.807) is 11.3 Å². The van der Waals surface area contributed by atoms with E-state index in [1.165, 1.54) is 11.5 Å². The Morgan fingerprint density at radius 2 is 1.52 bits per heavy atom. The van der Waals surface area contributed by atoms with Gasteiger partial charge in [0.15, 0.2) is 15.1 Å². The lowest BCUT2D eigenvalue weighted by atomic mass is 9.91. The Bertz CT molecular complexity index is 854. The van der Waals surface area contributed by atoms with Crippen LogP contribution in [0.2, 0.25) is 0 Å². The van der Waals surface area contributed by atoms with Crippen molar-refractivity contribution in [3.8, 4) is 0 Å². The zero-order valence-corrected chi connectivity index (χ0v) is 19.0. The fourth-order valence-electron chi connectivity index (χ4n) is 2.51. The topological polar surface area (TPSA) is 58.1 Å². The number of azo groups is 1. The lowest BCUT2D eigenvalue weighted by Gasteiger charge is -2.18. The normalized spacial score (nSPS) is 12.6. The summed E-state index contributed by atoms with van der Waals surface area (Å²) >= 11 is 2.78. The van der Waals surface area contributed by atoms with Gasteiger partial charge in [-0.3, -0.25) is 0 Å². The highest BCUT2D eigenvalue weighted by atomic mass is 32.1. The molecule has 8 heteroatoms. The van der Waals surface area contributed by atoms with Crippen molar-refractivity contribution >= 4 is 43.7 Å². The van der Waals surface area contributed by atoms with E-state index in [4.69, 9.17) is 11.6 Å². The molecule has 0 saturated heterocycles. The third-order valence-electron chi connectivity index (χ3n) is 4.05. The predicted octanol–water partition coefficient (Wildman–Crippen LogP) is 7.01. The molecule has 2 aromatic rings. The second-order valence-electron chi connectivity index (χ2n) is 8.32. The van der Waals surface area contributed by atoms with Gasteiger partial charge in [-0.25, -0.2) is 14.2 Å². The molecule has 27 heavy (non-hydrogen) atoms. The van der Waals surface area contributed by atoms with Gasteiger partial charge in [-0.2, -0.15) is 0 Å². The average molecular weight is 405 g/mol. The van der Waals surface area contributed by atoms with Crippen LogP contribution in [0, 0.1) is 6.57 Å². The monoisotopic (exact) mass is 404 g/mol. The zero-order valence-electron chi connectivity index (χ0n) is 17.4. The Morgan fingerprint density at radius 1 is 0.963 bits per heavy atom. The van der Waals surface area contributed by atoms with Crippen LogP contribution in [0.1, 0.15) is 66.8 Å². The number of rotatable bonds is 5. The van der Waals surface area contributed by atoms with Crippen LogP contribution in [0.5, 0.6) is 0 Å². The van der Waals surface area contributed by atoms with E-state index in [1.807, 2.05) is 0 Å². The predicted molar refractivity (Wildman–Crippen MR) is 116 cm³/mol. The molecular weight excluding hydrogens is 376 g/mol. The molecule has 0 bridgehead atoms. The number of thiazole rings is 1. The van der Waals surface area contributed by atoms with Crippen molar-refractivity contribution < 1.29 is 0 Å². The maximum atomic E-state index is 7.53. The third-order valence-corrected chi connectivity index (χ3v) is 5.77. The van der Waals surface area contributed by atoms with E-state index < -0.39 is 0 Å². The van der Waals surface area contributed by atoms with Gasteiger partial charge < -0.3 is 4.90 Å². The van der Waals surface area contributed by atoms with Gasteiger partial charge in [-0.05, 0) is 30.8 Å². The molecule has 0 aliphatic heterocycles. The van der Waals surface area contributed by atoms with Crippen LogP contribution in [0.3, 0.4) is 0 Å². The van der Waals surface area contributed by atoms with E-state index in [0.717, 1.165) is 34.6 Å². The summed E-state index contributed by atoms with van der Waals surface area (Å²) in [7, 11) is 0. The zero-order chi connectivity index (χ0) is 20.4. The van der Waals surface area contributed by atoms with Crippen LogP contribution in [0.25, 0.3) is 4.85 Å². The summed E-state index contributed by atoms with van der Waals surface area (Å²) in [5.74, 6) is 0. The fraction of sp³-hybridized carbons (Fsp3) is 0.632. The van der Waals surface area contributed by atoms with Crippen LogP contribution in [-0.4, -0.2) is 22.4 Å². The van der Waals surface area contributed by atoms with Crippen LogP contribution in [-0.2, 0) is 10.8 Å². The summed E-state index contributed by atoms with van der Waals surface area (Å²) < 4.78 is 4.46. The molecule has 0 aliphatic carbocycles. The molecule has 0 amide bonds. The molecule has 146 valence electrons. The molecule has 0 spiro atoms. The number of aromatic nitrogens is 2. The third kappa shape index (κ3) is 4.71. The van der Waals surface area contributed by atoms with Crippen molar-refractivity contribution in [3.05, 3.63) is 22.8 Å². The van der Waals surface area contributed by atoms with E-state index in [-0.39, 0.29) is 10.8 Å². The van der Waals surface area contributed by atoms with Gasteiger partial charge in [0.05, 0.1) is 18.0 Å². The second-order valence-corrected chi connectivity index (χ2v) is 10.0. The Morgan fingerprint density at radius 3 is 2.00 bits per heavy atom. The molecule has 0 fully saturated rings. The minimum absolute atomic E-state index is 0.136. The molecule has 2 rings (SSSR count). The van der Waals surface area contributed by atoms with Crippen molar-refractivity contribution in [1.82, 2.24) is 9.36 Å². The molecule has 2 heterocycles. The summed E-state index contributed by atoms with van der Waals surface area (Å²) in [4.78, 5) is 10.7. The fourth-order valence-corrected chi connectivity index (χ4v) is 4.58. The van der Waals surface area contributed by atoms with E-state index in [2.05, 4.69) is 79.7 Å². The molecule has 6 nitrogen and oxygen atoms in total. The first kappa shape index (κ1) is 21.5. The quantitative estimate of drug-likeness (QED) is 0.398. The van der Waals surface area contributed by atoms with Crippen LogP contribution in [0.4, 0.5) is 20.8 Å². The van der Waals surface area contributed by atoms with Crippen LogP contribution in [0.15, 0.2) is 10.2 Å². The smallest absolute Gasteiger partial charge is 0.248 e. The second kappa shape index (κ2) is 8.03. The first-order valence-corrected chi connectivity index (χ1v) is 10.7. The van der Waals surface area contributed by atoms with Gasteiger partial charge in [0.1, 0.15) is 0 Å². The Balaban J connectivity index is 2.48. The molecule has 0 atom stereocenters. The number of hydrogen-bond acceptors (Lipinski definition) is 7. The molecule has 2 aromatic heterocycles. The van der Waals surface area contributed by atoms with Gasteiger partial charge in [-0.1, -0.05) is 52.9 Å². The minimum atomic E-state index is -0.193. The lowest BCUT2D eigenvalue weighted by molar-refractivity contribution is 0.573. The van der Waals surface area contributed by atoms with Gasteiger partial charge in [0.25, 0.3) is 0 Å². The highest BCUT2D eigenvalue weighted by Gasteiger charge is 2.27. The van der Waals surface area contributed by atoms with E-state index in [9.17, 15) is 0 Å². The van der Waals surface area contributed by atoms with Crippen molar-refractivity contribution in [2.45, 2.75) is 66.2 Å². The van der Waals surface area contributed by atoms with Gasteiger partial charge in [0.2, 0.25) is 5.69 Å². The van der Waals surface area contributed by atoms with Gasteiger partial charge >= 0.3 is 0 Å². The summed E-state index contributed by atoms with van der Waals surface area (Å²) in [6, 6.07) is 0. The minimum Gasteiger partial charge on any atom is -0.349 e. The Labute approximate surface area is 170 Å². The Hall–Kier alpha value is -1.85. The lowest BCUT2D eigenvalue weighted by Crippen LogP contribution is -2.22. The summed E-state index contributed by atoms with van der Waals surface area (Å²) in [5.41, 5.74) is 1.88. The summed E-state index contributed by atoms with van der Waals surface area (Å²) in [6.45, 7) is 26.1. The standard InChI is InChI=1S/C19H28N6S2/c1-10-25(11-2)17-21-14(19(6,7)8)16(26-17)23-22-15-12(20-9)13(24-27-15)18(3,4)5/h10-11H2,1-8H3. The molecule has 0 saturated carbocycles. The molecule has 0 unspecified atom stereocenters. The molecule has 0 radical (unpaired) electrons. The van der Waals surface area contributed by atoms with E-state index in [0.29, 0.717) is 10.7 Å². The number of nitrogens with zero attached hydrogens (tertiary/aromatic N) is 6. The highest BCUT2D eigenvalue weighted by Crippen LogP contribution is 2.44. The summed E-state index contributed by atoms with van der Waals surface area (Å²) in [5, 5.41) is 11.2. The first-order chi connectivity index (χ1) is 12.5. The van der Waals surface area contributed by atoms with Crippen molar-refractivity contribution in [2.24, 2.45) is 10.2 Å². The van der Waals surface area contributed by atoms with Crippen molar-refractivity contribution in [1.29, 1.82) is 0 Å². The molecular formula is C19H28N6S2. The largest absolute Gasteiger partial charge is 0.349 e. The maximum absolute atomic E-state index is 7.53. The number of hydrogen-bond donors (Lipinski definition) is 0. The van der Waals surface area contributed by atoms with Crippen LogP contribution >= 0.6 is 22.9 Å². The molecule has 0 aromatic carbocycles. The highest BCUT2D eigenvalue weighted by molar-refractivity contribution is 7.19.